The highest BCUT2D eigenvalue weighted by Gasteiger charge is 2.38. The molecule has 0 aromatic heterocycles. The molecule has 1 aromatic carbocycles. The molecule has 5 N–H and O–H groups in total. The predicted octanol–water partition coefficient (Wildman–Crippen LogP) is 2.68. The van der Waals surface area contributed by atoms with Crippen molar-refractivity contribution in [1.29, 1.82) is 5.41 Å². The molecule has 1 aromatic rings. The lowest BCUT2D eigenvalue weighted by molar-refractivity contribution is -0.192. The van der Waals surface area contributed by atoms with Crippen molar-refractivity contribution in [3.63, 3.8) is 0 Å². The Hall–Kier alpha value is -2.58. The van der Waals surface area contributed by atoms with Gasteiger partial charge in [-0.25, -0.2) is 4.79 Å². The summed E-state index contributed by atoms with van der Waals surface area (Å²) in [4.78, 5) is 8.90. The normalized spacial score (nSPS) is 10.8. The van der Waals surface area contributed by atoms with Gasteiger partial charge in [-0.2, -0.15) is 13.2 Å². The van der Waals surface area contributed by atoms with Crippen LogP contribution in [0.2, 0.25) is 0 Å². The van der Waals surface area contributed by atoms with Crippen LogP contribution in [0.1, 0.15) is 17.5 Å². The van der Waals surface area contributed by atoms with Crippen molar-refractivity contribution in [1.82, 2.24) is 5.32 Å². The minimum Gasteiger partial charge on any atom is -0.475 e. The molecule has 0 unspecified atom stereocenters. The van der Waals surface area contributed by atoms with Crippen LogP contribution in [0.4, 0.5) is 17.6 Å². The zero-order valence-electron chi connectivity index (χ0n) is 12.0. The number of hydrogen-bond donors (Lipinski definition) is 4. The van der Waals surface area contributed by atoms with Gasteiger partial charge in [0.05, 0.1) is 6.67 Å². The molecule has 0 heterocycles. The summed E-state index contributed by atoms with van der Waals surface area (Å²) in [6.07, 6.45) is -0.313. The van der Waals surface area contributed by atoms with Gasteiger partial charge >= 0.3 is 12.1 Å². The number of hydrogen-bond acceptors (Lipinski definition) is 2. The number of carboxylic acids is 1. The third kappa shape index (κ3) is 10.7. The molecule has 23 heavy (non-hydrogen) atoms. The Bertz CT molecular complexity index is 528. The number of carboxylic acid groups (broad SMARTS) is 1. The zero-order chi connectivity index (χ0) is 17.9. The highest BCUT2D eigenvalue weighted by atomic mass is 19.4. The van der Waals surface area contributed by atoms with Crippen LogP contribution >= 0.6 is 0 Å². The Morgan fingerprint density at radius 1 is 1.30 bits per heavy atom. The fourth-order valence-corrected chi connectivity index (χ4v) is 1.29. The van der Waals surface area contributed by atoms with E-state index in [0.29, 0.717) is 6.42 Å². The van der Waals surface area contributed by atoms with Crippen molar-refractivity contribution in [3.8, 4) is 0 Å². The first-order chi connectivity index (χ1) is 10.7. The first-order valence-electron chi connectivity index (χ1n) is 6.39. The summed E-state index contributed by atoms with van der Waals surface area (Å²) in [6.45, 7) is -0.274. The van der Waals surface area contributed by atoms with E-state index >= 15 is 0 Å². The zero-order valence-corrected chi connectivity index (χ0v) is 12.0. The molecular formula is C14H17F4N3O2. The fourth-order valence-electron chi connectivity index (χ4n) is 1.29. The number of alkyl halides is 4. The number of aliphatic carboxylic acids is 1. The smallest absolute Gasteiger partial charge is 0.475 e. The molecule has 128 valence electrons. The Labute approximate surface area is 130 Å². The molecule has 0 bridgehead atoms. The number of nitrogens with two attached hydrogens (primary N) is 1. The molecule has 0 saturated heterocycles. The van der Waals surface area contributed by atoms with Crippen LogP contribution in [-0.2, 0) is 11.2 Å². The summed E-state index contributed by atoms with van der Waals surface area (Å²) in [7, 11) is 0. The maximum atomic E-state index is 11.9. The minimum atomic E-state index is -5.08. The van der Waals surface area contributed by atoms with Crippen molar-refractivity contribution in [2.45, 2.75) is 19.0 Å². The Balaban J connectivity index is 0.000000585. The number of carbonyl (C=O) groups is 1. The molecule has 0 aliphatic rings. The van der Waals surface area contributed by atoms with Crippen molar-refractivity contribution in [2.75, 3.05) is 6.67 Å². The highest BCUT2D eigenvalue weighted by molar-refractivity contribution is 5.76. The van der Waals surface area contributed by atoms with Gasteiger partial charge in [-0.15, -0.1) is 0 Å². The number of guanidine groups is 1. The van der Waals surface area contributed by atoms with E-state index in [0.717, 1.165) is 17.5 Å². The van der Waals surface area contributed by atoms with Crippen LogP contribution in [0.15, 0.2) is 30.5 Å². The van der Waals surface area contributed by atoms with E-state index in [1.807, 2.05) is 30.3 Å². The lowest BCUT2D eigenvalue weighted by atomic mass is 10.1. The quantitative estimate of drug-likeness (QED) is 0.378. The molecule has 0 saturated carbocycles. The summed E-state index contributed by atoms with van der Waals surface area (Å²) >= 11 is 0. The second kappa shape index (κ2) is 10.2. The molecule has 0 fully saturated rings. The van der Waals surface area contributed by atoms with E-state index in [2.05, 4.69) is 5.32 Å². The summed E-state index contributed by atoms with van der Waals surface area (Å²) in [5.41, 5.74) is 7.27. The standard InChI is InChI=1S/C12H16FN3.C2HF3O2/c13-8-1-2-10-3-5-11(6-4-10)7-9-16-12(14)15;3-2(4,5)1(6)7/h3-7,9H,1-2,8H2,(H4,14,15,16);(H,6,7). The molecule has 0 spiro atoms. The topological polar surface area (TPSA) is 99.2 Å². The van der Waals surface area contributed by atoms with E-state index in [1.54, 1.807) is 6.20 Å². The first-order valence-corrected chi connectivity index (χ1v) is 6.39. The maximum Gasteiger partial charge on any atom is 0.490 e. The number of aryl methyl sites for hydroxylation is 1. The van der Waals surface area contributed by atoms with Gasteiger partial charge in [0.15, 0.2) is 5.96 Å². The van der Waals surface area contributed by atoms with Gasteiger partial charge in [0.1, 0.15) is 0 Å². The van der Waals surface area contributed by atoms with Crippen molar-refractivity contribution in [2.24, 2.45) is 5.73 Å². The third-order valence-corrected chi connectivity index (χ3v) is 2.34. The Kier molecular flexibility index (Phi) is 9.05. The SMILES string of the molecule is N=C(N)NC=Cc1ccc(CCCF)cc1.O=C(O)C(F)(F)F. The predicted molar refractivity (Wildman–Crippen MR) is 78.5 cm³/mol. The first kappa shape index (κ1) is 20.4. The van der Waals surface area contributed by atoms with Gasteiger partial charge in [-0.1, -0.05) is 24.3 Å². The van der Waals surface area contributed by atoms with E-state index in [4.69, 9.17) is 21.0 Å². The summed E-state index contributed by atoms with van der Waals surface area (Å²) in [5, 5.41) is 16.6. The van der Waals surface area contributed by atoms with E-state index in [1.165, 1.54) is 0 Å². The highest BCUT2D eigenvalue weighted by Crippen LogP contribution is 2.13. The average molecular weight is 335 g/mol. The number of halogens is 4. The van der Waals surface area contributed by atoms with Crippen molar-refractivity contribution in [3.05, 3.63) is 41.6 Å². The van der Waals surface area contributed by atoms with Crippen LogP contribution in [0, 0.1) is 5.41 Å². The summed E-state index contributed by atoms with van der Waals surface area (Å²) in [5.74, 6) is -2.84. The average Bonchev–Trinajstić information content (AvgIpc) is 2.45. The molecule has 0 aliphatic heterocycles. The lowest BCUT2D eigenvalue weighted by Gasteiger charge is -2.00. The number of rotatable bonds is 5. The summed E-state index contributed by atoms with van der Waals surface area (Å²) < 4.78 is 43.7. The van der Waals surface area contributed by atoms with Gasteiger partial charge < -0.3 is 16.2 Å². The molecule has 5 nitrogen and oxygen atoms in total. The van der Waals surface area contributed by atoms with Crippen LogP contribution in [0.25, 0.3) is 6.08 Å². The summed E-state index contributed by atoms with van der Waals surface area (Å²) in [6, 6.07) is 7.85. The molecule has 0 radical (unpaired) electrons. The maximum absolute atomic E-state index is 11.9. The van der Waals surface area contributed by atoms with Crippen LogP contribution in [0.5, 0.6) is 0 Å². The molecular weight excluding hydrogens is 318 g/mol. The molecule has 1 rings (SSSR count). The van der Waals surface area contributed by atoms with Gasteiger partial charge in [0, 0.05) is 6.20 Å². The van der Waals surface area contributed by atoms with Gasteiger partial charge in [0.2, 0.25) is 0 Å². The second-order valence-electron chi connectivity index (χ2n) is 4.23. The van der Waals surface area contributed by atoms with Crippen molar-refractivity contribution < 1.29 is 27.5 Å². The van der Waals surface area contributed by atoms with E-state index in [9.17, 15) is 17.6 Å². The number of nitrogens with one attached hydrogen (secondary N) is 2. The van der Waals surface area contributed by atoms with Gasteiger partial charge in [-0.3, -0.25) is 9.80 Å². The van der Waals surface area contributed by atoms with Gasteiger partial charge in [-0.05, 0) is 30.0 Å². The third-order valence-electron chi connectivity index (χ3n) is 2.34. The molecule has 0 amide bonds. The Morgan fingerprint density at radius 2 is 1.83 bits per heavy atom. The van der Waals surface area contributed by atoms with Gasteiger partial charge in [0.25, 0.3) is 0 Å². The Morgan fingerprint density at radius 3 is 2.22 bits per heavy atom. The fraction of sp³-hybridized carbons (Fsp3) is 0.286. The second-order valence-corrected chi connectivity index (χ2v) is 4.23. The monoisotopic (exact) mass is 335 g/mol. The largest absolute Gasteiger partial charge is 0.490 e. The molecule has 0 aliphatic carbocycles. The van der Waals surface area contributed by atoms with E-state index in [-0.39, 0.29) is 12.6 Å². The van der Waals surface area contributed by atoms with E-state index < -0.39 is 12.1 Å². The van der Waals surface area contributed by atoms with Crippen molar-refractivity contribution >= 4 is 18.0 Å². The number of benzene rings is 1. The lowest BCUT2D eigenvalue weighted by Crippen LogP contribution is -2.24. The molecule has 9 heteroatoms. The molecule has 0 atom stereocenters. The van der Waals surface area contributed by atoms with Crippen LogP contribution < -0.4 is 11.1 Å². The minimum absolute atomic E-state index is 0.0872. The van der Waals surface area contributed by atoms with Crippen LogP contribution in [0.3, 0.4) is 0 Å². The van der Waals surface area contributed by atoms with Crippen LogP contribution in [-0.4, -0.2) is 29.9 Å².